The summed E-state index contributed by atoms with van der Waals surface area (Å²) in [5.74, 6) is 0. The standard InChI is InChI=1S/C26H20N.Ir/c1-16-14-20(15-17(2)18(16)3)26-25-11-10-22-21-7-5-4-6-19(21)8-9-23(22)24(25)12-13-27-26;/h4-14H,1-3H3;/q-1;. The van der Waals surface area contributed by atoms with Crippen LogP contribution < -0.4 is 0 Å². The smallest absolute Gasteiger partial charge is 0.0167 e. The van der Waals surface area contributed by atoms with E-state index in [1.54, 1.807) is 0 Å². The van der Waals surface area contributed by atoms with Gasteiger partial charge in [-0.2, -0.15) is 0 Å². The van der Waals surface area contributed by atoms with Gasteiger partial charge in [-0.3, -0.25) is 0 Å². The van der Waals surface area contributed by atoms with E-state index in [1.165, 1.54) is 49.0 Å². The summed E-state index contributed by atoms with van der Waals surface area (Å²) < 4.78 is 0. The Morgan fingerprint density at radius 2 is 1.39 bits per heavy atom. The average molecular weight is 539 g/mol. The monoisotopic (exact) mass is 539 g/mol. The van der Waals surface area contributed by atoms with Crippen LogP contribution in [0.1, 0.15) is 16.7 Å². The van der Waals surface area contributed by atoms with Crippen LogP contribution >= 0.6 is 0 Å². The fraction of sp³-hybridized carbons (Fsp3) is 0.115. The second-order valence-electron chi connectivity index (χ2n) is 7.32. The molecule has 1 nitrogen and oxygen atoms in total. The summed E-state index contributed by atoms with van der Waals surface area (Å²) in [5.41, 5.74) is 5.86. The van der Waals surface area contributed by atoms with Crippen LogP contribution in [0, 0.1) is 26.8 Å². The van der Waals surface area contributed by atoms with Crippen molar-refractivity contribution in [1.29, 1.82) is 0 Å². The number of rotatable bonds is 1. The van der Waals surface area contributed by atoms with E-state index in [0.717, 1.165) is 11.3 Å². The molecule has 0 spiro atoms. The first-order valence-electron chi connectivity index (χ1n) is 9.33. The van der Waals surface area contributed by atoms with Crippen LogP contribution in [0.2, 0.25) is 0 Å². The Morgan fingerprint density at radius 1 is 0.714 bits per heavy atom. The molecule has 0 atom stereocenters. The second-order valence-corrected chi connectivity index (χ2v) is 7.32. The van der Waals surface area contributed by atoms with Crippen molar-refractivity contribution in [2.24, 2.45) is 0 Å². The van der Waals surface area contributed by atoms with Crippen LogP contribution in [-0.4, -0.2) is 4.98 Å². The molecule has 0 N–H and O–H groups in total. The third-order valence-electron chi connectivity index (χ3n) is 5.76. The van der Waals surface area contributed by atoms with E-state index < -0.39 is 0 Å². The third kappa shape index (κ3) is 2.85. The topological polar surface area (TPSA) is 12.9 Å². The Balaban J connectivity index is 0.00000192. The molecule has 1 heterocycles. The fourth-order valence-electron chi connectivity index (χ4n) is 4.05. The molecule has 0 unspecified atom stereocenters. The molecule has 2 heteroatoms. The fourth-order valence-corrected chi connectivity index (χ4v) is 4.05. The zero-order chi connectivity index (χ0) is 18.5. The number of aryl methyl sites for hydroxylation is 2. The van der Waals surface area contributed by atoms with E-state index in [1.807, 2.05) is 6.20 Å². The summed E-state index contributed by atoms with van der Waals surface area (Å²) in [6, 6.07) is 25.3. The maximum Gasteiger partial charge on any atom is 0.0167 e. The molecule has 0 bridgehead atoms. The predicted molar refractivity (Wildman–Crippen MR) is 115 cm³/mol. The van der Waals surface area contributed by atoms with E-state index in [2.05, 4.69) is 87.5 Å². The molecular formula is C26H20IrN-. The minimum absolute atomic E-state index is 0. The molecule has 0 fully saturated rings. The summed E-state index contributed by atoms with van der Waals surface area (Å²) in [6.45, 7) is 6.44. The van der Waals surface area contributed by atoms with Gasteiger partial charge in [0.25, 0.3) is 0 Å². The summed E-state index contributed by atoms with van der Waals surface area (Å²) >= 11 is 0. The van der Waals surface area contributed by atoms with Crippen LogP contribution in [0.3, 0.4) is 0 Å². The first-order chi connectivity index (χ1) is 13.1. The molecule has 0 saturated heterocycles. The van der Waals surface area contributed by atoms with Crippen molar-refractivity contribution in [3.8, 4) is 11.3 Å². The predicted octanol–water partition coefficient (Wildman–Crippen LogP) is 6.93. The average Bonchev–Trinajstić information content (AvgIpc) is 2.70. The van der Waals surface area contributed by atoms with Crippen molar-refractivity contribution < 1.29 is 20.1 Å². The van der Waals surface area contributed by atoms with Crippen molar-refractivity contribution in [3.05, 3.63) is 89.6 Å². The van der Waals surface area contributed by atoms with Crippen LogP contribution in [0.15, 0.2) is 66.9 Å². The van der Waals surface area contributed by atoms with Gasteiger partial charge in [0.1, 0.15) is 0 Å². The van der Waals surface area contributed by atoms with Crippen LogP contribution in [0.25, 0.3) is 43.6 Å². The van der Waals surface area contributed by atoms with E-state index >= 15 is 0 Å². The molecule has 1 aromatic heterocycles. The minimum atomic E-state index is 0. The molecule has 0 aliphatic heterocycles. The van der Waals surface area contributed by atoms with E-state index in [-0.39, 0.29) is 20.1 Å². The Bertz CT molecular complexity index is 1330. The number of aromatic nitrogens is 1. The van der Waals surface area contributed by atoms with Gasteiger partial charge in [-0.25, -0.2) is 0 Å². The largest absolute Gasteiger partial charge is 0.304 e. The quantitative estimate of drug-likeness (QED) is 0.167. The molecule has 139 valence electrons. The van der Waals surface area contributed by atoms with Crippen molar-refractivity contribution in [1.82, 2.24) is 4.98 Å². The molecule has 0 aliphatic carbocycles. The van der Waals surface area contributed by atoms with Crippen LogP contribution in [-0.2, 0) is 20.1 Å². The van der Waals surface area contributed by atoms with Gasteiger partial charge in [0.2, 0.25) is 0 Å². The number of fused-ring (bicyclic) bond motifs is 5. The molecule has 28 heavy (non-hydrogen) atoms. The molecule has 0 aliphatic rings. The number of benzene rings is 4. The van der Waals surface area contributed by atoms with Gasteiger partial charge < -0.3 is 4.98 Å². The van der Waals surface area contributed by atoms with Crippen molar-refractivity contribution in [2.45, 2.75) is 20.8 Å². The maximum atomic E-state index is 4.73. The second kappa shape index (κ2) is 7.13. The molecular weight excluding hydrogens is 519 g/mol. The van der Waals surface area contributed by atoms with Crippen molar-refractivity contribution in [2.75, 3.05) is 0 Å². The maximum absolute atomic E-state index is 4.73. The third-order valence-corrected chi connectivity index (χ3v) is 5.76. The SMILES string of the molecule is Cc1[c-]c(-c2nccc3c2ccc2c4ccccc4ccc32)cc(C)c1C.[Ir]. The molecule has 4 aromatic carbocycles. The number of pyridine rings is 1. The van der Waals surface area contributed by atoms with E-state index in [4.69, 9.17) is 4.98 Å². The van der Waals surface area contributed by atoms with Gasteiger partial charge in [0, 0.05) is 26.3 Å². The summed E-state index contributed by atoms with van der Waals surface area (Å²) in [4.78, 5) is 4.73. The molecule has 5 aromatic rings. The molecule has 0 amide bonds. The van der Waals surface area contributed by atoms with Gasteiger partial charge in [-0.05, 0) is 44.1 Å². The molecule has 1 radical (unpaired) electrons. The van der Waals surface area contributed by atoms with Gasteiger partial charge in [0.05, 0.1) is 0 Å². The first kappa shape index (κ1) is 18.8. The van der Waals surface area contributed by atoms with Gasteiger partial charge in [-0.15, -0.1) is 34.4 Å². The normalized spacial score (nSPS) is 11.1. The number of hydrogen-bond acceptors (Lipinski definition) is 1. The van der Waals surface area contributed by atoms with E-state index in [9.17, 15) is 0 Å². The summed E-state index contributed by atoms with van der Waals surface area (Å²) in [6.07, 6.45) is 1.92. The Hall–Kier alpha value is -2.54. The van der Waals surface area contributed by atoms with Gasteiger partial charge >= 0.3 is 0 Å². The van der Waals surface area contributed by atoms with Crippen LogP contribution in [0.4, 0.5) is 0 Å². The number of hydrogen-bond donors (Lipinski definition) is 0. The van der Waals surface area contributed by atoms with E-state index in [0.29, 0.717) is 0 Å². The van der Waals surface area contributed by atoms with Crippen LogP contribution in [0.5, 0.6) is 0 Å². The van der Waals surface area contributed by atoms with Crippen molar-refractivity contribution >= 4 is 32.3 Å². The van der Waals surface area contributed by atoms with Gasteiger partial charge in [0.15, 0.2) is 0 Å². The Labute approximate surface area is 178 Å². The summed E-state index contributed by atoms with van der Waals surface area (Å²) in [7, 11) is 0. The number of nitrogens with zero attached hydrogens (tertiary/aromatic N) is 1. The first-order valence-corrected chi connectivity index (χ1v) is 9.33. The summed E-state index contributed by atoms with van der Waals surface area (Å²) in [5, 5.41) is 7.56. The Morgan fingerprint density at radius 3 is 2.21 bits per heavy atom. The zero-order valence-corrected chi connectivity index (χ0v) is 18.5. The Kier molecular flexibility index (Phi) is 4.79. The zero-order valence-electron chi connectivity index (χ0n) is 16.1. The van der Waals surface area contributed by atoms with Gasteiger partial charge in [-0.1, -0.05) is 69.3 Å². The molecule has 0 saturated carbocycles. The van der Waals surface area contributed by atoms with Crippen molar-refractivity contribution in [3.63, 3.8) is 0 Å². The molecule has 5 rings (SSSR count). The minimum Gasteiger partial charge on any atom is -0.304 e.